The predicted octanol–water partition coefficient (Wildman–Crippen LogP) is 6.42. The molecule has 1 saturated heterocycles. The maximum atomic E-state index is 12.4. The van der Waals surface area contributed by atoms with Crippen LogP contribution in [0.4, 0.5) is 4.79 Å². The molecule has 3 heterocycles. The third kappa shape index (κ3) is 6.37. The SMILES string of the molecule is O=C1NC(=O)C(=Cc2cn(-c3ccccn3)nc2-c2cc(OCc3ccccc3)cc(OCc3ccccc3)c2)S1. The number of hydrogen-bond donors (Lipinski definition) is 1. The number of aromatic nitrogens is 3. The van der Waals surface area contributed by atoms with Gasteiger partial charge in [0, 0.05) is 29.6 Å². The highest BCUT2D eigenvalue weighted by Crippen LogP contribution is 2.35. The van der Waals surface area contributed by atoms with E-state index in [-0.39, 0.29) is 4.91 Å². The average Bonchev–Trinajstić information content (AvgIpc) is 3.58. The van der Waals surface area contributed by atoms with E-state index in [1.807, 2.05) is 97.1 Å². The fourth-order valence-corrected chi connectivity index (χ4v) is 4.92. The summed E-state index contributed by atoms with van der Waals surface area (Å²) in [6.45, 7) is 0.751. The number of imide groups is 1. The van der Waals surface area contributed by atoms with Crippen molar-refractivity contribution in [2.24, 2.45) is 0 Å². The molecule has 41 heavy (non-hydrogen) atoms. The van der Waals surface area contributed by atoms with Crippen LogP contribution in [0.1, 0.15) is 16.7 Å². The van der Waals surface area contributed by atoms with Crippen molar-refractivity contribution in [2.75, 3.05) is 0 Å². The first kappa shape index (κ1) is 26.1. The lowest BCUT2D eigenvalue weighted by atomic mass is 10.1. The highest BCUT2D eigenvalue weighted by molar-refractivity contribution is 8.18. The summed E-state index contributed by atoms with van der Waals surface area (Å²) in [4.78, 5) is 28.9. The molecule has 1 aliphatic rings. The number of nitrogens with one attached hydrogen (secondary N) is 1. The second-order valence-corrected chi connectivity index (χ2v) is 10.2. The van der Waals surface area contributed by atoms with Gasteiger partial charge in [0.2, 0.25) is 0 Å². The van der Waals surface area contributed by atoms with Gasteiger partial charge in [0.15, 0.2) is 5.82 Å². The summed E-state index contributed by atoms with van der Waals surface area (Å²) < 4.78 is 14.0. The van der Waals surface area contributed by atoms with Gasteiger partial charge in [-0.15, -0.1) is 0 Å². The molecule has 0 atom stereocenters. The molecule has 1 N–H and O–H groups in total. The normalized spacial score (nSPS) is 13.8. The van der Waals surface area contributed by atoms with Crippen LogP contribution >= 0.6 is 11.8 Å². The summed E-state index contributed by atoms with van der Waals surface area (Å²) in [5.41, 5.74) is 3.99. The van der Waals surface area contributed by atoms with Gasteiger partial charge in [-0.3, -0.25) is 14.9 Å². The van der Waals surface area contributed by atoms with Gasteiger partial charge in [0.25, 0.3) is 11.1 Å². The second-order valence-electron chi connectivity index (χ2n) is 9.16. The maximum Gasteiger partial charge on any atom is 0.290 e. The minimum atomic E-state index is -0.441. The van der Waals surface area contributed by atoms with Gasteiger partial charge >= 0.3 is 0 Å². The Bertz CT molecular complexity index is 1660. The van der Waals surface area contributed by atoms with Crippen molar-refractivity contribution in [3.63, 3.8) is 0 Å². The number of rotatable bonds is 9. The Kier molecular flexibility index (Phi) is 7.59. The zero-order chi connectivity index (χ0) is 28.0. The number of pyridine rings is 1. The van der Waals surface area contributed by atoms with Crippen molar-refractivity contribution in [1.29, 1.82) is 0 Å². The molecule has 3 aromatic carbocycles. The lowest BCUT2D eigenvalue weighted by Gasteiger charge is -2.13. The van der Waals surface area contributed by atoms with Crippen LogP contribution < -0.4 is 14.8 Å². The smallest absolute Gasteiger partial charge is 0.290 e. The molecule has 9 heteroatoms. The lowest BCUT2D eigenvalue weighted by molar-refractivity contribution is -0.115. The monoisotopic (exact) mass is 560 g/mol. The highest BCUT2D eigenvalue weighted by Gasteiger charge is 2.26. The van der Waals surface area contributed by atoms with Gasteiger partial charge in [-0.2, -0.15) is 5.10 Å². The van der Waals surface area contributed by atoms with Crippen molar-refractivity contribution in [1.82, 2.24) is 20.1 Å². The van der Waals surface area contributed by atoms with E-state index in [4.69, 9.17) is 14.6 Å². The Morgan fingerprint density at radius 1 is 0.805 bits per heavy atom. The average molecular weight is 561 g/mol. The minimum absolute atomic E-state index is 0.286. The maximum absolute atomic E-state index is 12.4. The number of hydrogen-bond acceptors (Lipinski definition) is 7. The first-order chi connectivity index (χ1) is 20.1. The second kappa shape index (κ2) is 11.9. The van der Waals surface area contributed by atoms with Crippen molar-refractivity contribution >= 4 is 29.0 Å². The van der Waals surface area contributed by atoms with Gasteiger partial charge in [0.1, 0.15) is 30.4 Å². The number of ether oxygens (including phenoxy) is 2. The Balaban J connectivity index is 1.41. The van der Waals surface area contributed by atoms with E-state index in [0.717, 1.165) is 28.5 Å². The molecular formula is C32H24N4O4S. The van der Waals surface area contributed by atoms with Crippen LogP contribution in [0.5, 0.6) is 11.5 Å². The molecule has 0 unspecified atom stereocenters. The molecule has 8 nitrogen and oxygen atoms in total. The van der Waals surface area contributed by atoms with Crippen LogP contribution in [0, 0.1) is 0 Å². The lowest BCUT2D eigenvalue weighted by Crippen LogP contribution is -2.17. The van der Waals surface area contributed by atoms with Crippen molar-refractivity contribution in [2.45, 2.75) is 13.2 Å². The summed E-state index contributed by atoms with van der Waals surface area (Å²) in [6.07, 6.45) is 5.12. The molecular weight excluding hydrogens is 536 g/mol. The van der Waals surface area contributed by atoms with Gasteiger partial charge in [-0.1, -0.05) is 66.7 Å². The summed E-state index contributed by atoms with van der Waals surface area (Å²) in [6, 6.07) is 31.0. The van der Waals surface area contributed by atoms with Gasteiger partial charge in [-0.05, 0) is 53.2 Å². The van der Waals surface area contributed by atoms with Crippen molar-refractivity contribution < 1.29 is 19.1 Å². The highest BCUT2D eigenvalue weighted by atomic mass is 32.2. The Labute approximate surface area is 240 Å². The van der Waals surface area contributed by atoms with Crippen LogP contribution in [0.15, 0.2) is 114 Å². The molecule has 2 amide bonds. The van der Waals surface area contributed by atoms with Crippen molar-refractivity contribution in [3.8, 4) is 28.6 Å². The molecule has 0 aliphatic carbocycles. The predicted molar refractivity (Wildman–Crippen MR) is 157 cm³/mol. The fourth-order valence-electron chi connectivity index (χ4n) is 4.24. The molecule has 1 fully saturated rings. The van der Waals surface area contributed by atoms with Gasteiger partial charge in [-0.25, -0.2) is 9.67 Å². The molecule has 1 aliphatic heterocycles. The van der Waals surface area contributed by atoms with Crippen LogP contribution in [0.2, 0.25) is 0 Å². The van der Waals surface area contributed by atoms with E-state index in [0.29, 0.717) is 41.8 Å². The zero-order valence-corrected chi connectivity index (χ0v) is 22.6. The molecule has 0 radical (unpaired) electrons. The Morgan fingerprint density at radius 3 is 2.00 bits per heavy atom. The largest absolute Gasteiger partial charge is 0.489 e. The molecule has 5 aromatic rings. The number of benzene rings is 3. The number of carbonyl (C=O) groups excluding carboxylic acids is 2. The first-order valence-electron chi connectivity index (χ1n) is 12.9. The standard InChI is InChI=1S/C32H24N4O4S/c37-31-28(41-32(38)34-31)17-25-19-36(29-13-7-8-14-33-29)35-30(25)24-15-26(39-20-22-9-3-1-4-10-22)18-27(16-24)40-21-23-11-5-2-6-12-23/h1-19H,20-21H2,(H,34,37,38). The number of carbonyl (C=O) groups is 2. The molecule has 6 rings (SSSR count). The van der Waals surface area contributed by atoms with Crippen LogP contribution in [0.3, 0.4) is 0 Å². The number of nitrogens with zero attached hydrogens (tertiary/aromatic N) is 3. The van der Waals surface area contributed by atoms with Gasteiger partial charge < -0.3 is 9.47 Å². The molecule has 0 saturated carbocycles. The van der Waals surface area contributed by atoms with Crippen LogP contribution in [-0.4, -0.2) is 25.9 Å². The zero-order valence-electron chi connectivity index (χ0n) is 21.8. The quantitative estimate of drug-likeness (QED) is 0.208. The Hall–Kier alpha value is -5.15. The van der Waals surface area contributed by atoms with E-state index >= 15 is 0 Å². The number of thioether (sulfide) groups is 1. The van der Waals surface area contributed by atoms with E-state index in [1.54, 1.807) is 23.2 Å². The molecule has 0 bridgehead atoms. The third-order valence-electron chi connectivity index (χ3n) is 6.21. The fraction of sp³-hybridized carbons (Fsp3) is 0.0625. The topological polar surface area (TPSA) is 95.3 Å². The molecule has 2 aromatic heterocycles. The van der Waals surface area contributed by atoms with Crippen LogP contribution in [-0.2, 0) is 18.0 Å². The number of amides is 2. The van der Waals surface area contributed by atoms with Crippen LogP contribution in [0.25, 0.3) is 23.2 Å². The molecule has 202 valence electrons. The van der Waals surface area contributed by atoms with E-state index in [9.17, 15) is 9.59 Å². The van der Waals surface area contributed by atoms with E-state index < -0.39 is 11.1 Å². The first-order valence-corrected chi connectivity index (χ1v) is 13.7. The Morgan fingerprint density at radius 2 is 1.44 bits per heavy atom. The summed E-state index contributed by atoms with van der Waals surface area (Å²) in [7, 11) is 0. The summed E-state index contributed by atoms with van der Waals surface area (Å²) >= 11 is 0.855. The van der Waals surface area contributed by atoms with E-state index in [1.165, 1.54) is 0 Å². The third-order valence-corrected chi connectivity index (χ3v) is 7.02. The van der Waals surface area contributed by atoms with Gasteiger partial charge in [0.05, 0.1) is 4.91 Å². The van der Waals surface area contributed by atoms with Crippen molar-refractivity contribution in [3.05, 3.63) is 131 Å². The minimum Gasteiger partial charge on any atom is -0.489 e. The summed E-state index contributed by atoms with van der Waals surface area (Å²) in [5, 5.41) is 6.72. The van der Waals surface area contributed by atoms with E-state index in [2.05, 4.69) is 10.3 Å². The molecule has 0 spiro atoms. The summed E-state index contributed by atoms with van der Waals surface area (Å²) in [5.74, 6) is 1.37.